The molecule has 2 aliphatic rings. The van der Waals surface area contributed by atoms with E-state index in [1.807, 2.05) is 19.1 Å². The van der Waals surface area contributed by atoms with Gasteiger partial charge in [-0.05, 0) is 102 Å². The number of aliphatic hydroxyl groups excluding tert-OH is 2. The number of aryl methyl sites for hydroxylation is 1. The van der Waals surface area contributed by atoms with Crippen molar-refractivity contribution in [2.75, 3.05) is 31.5 Å². The summed E-state index contributed by atoms with van der Waals surface area (Å²) in [4.78, 5) is 9.47. The third-order valence-corrected chi connectivity index (χ3v) is 10.3. The van der Waals surface area contributed by atoms with Crippen LogP contribution in [0.25, 0.3) is 33.2 Å². The third kappa shape index (κ3) is 7.65. The van der Waals surface area contributed by atoms with Crippen LogP contribution in [0.1, 0.15) is 47.9 Å². The van der Waals surface area contributed by atoms with Gasteiger partial charge in [0.25, 0.3) is 0 Å². The molecule has 3 N–H and O–H groups in total. The maximum Gasteiger partial charge on any atom is 0.103 e. The minimum absolute atomic E-state index is 0.178. The second-order valence-electron chi connectivity index (χ2n) is 13.6. The molecule has 0 bridgehead atoms. The van der Waals surface area contributed by atoms with Gasteiger partial charge in [0.15, 0.2) is 0 Å². The average molecular weight is 672 g/mol. The fraction of sp³-hybridized carbons (Fsp3) is 0.317. The van der Waals surface area contributed by atoms with Crippen LogP contribution in [0, 0.1) is 18.3 Å². The number of likely N-dealkylation sites (tertiary alicyclic amines) is 2. The number of pyridine rings is 1. The van der Waals surface area contributed by atoms with Crippen molar-refractivity contribution in [2.24, 2.45) is 0 Å². The molecule has 250 valence electrons. The van der Waals surface area contributed by atoms with Crippen LogP contribution in [0.15, 0.2) is 85.1 Å². The van der Waals surface area contributed by atoms with Crippen molar-refractivity contribution < 1.29 is 10.2 Å². The first-order chi connectivity index (χ1) is 23.8. The van der Waals surface area contributed by atoms with Gasteiger partial charge in [-0.2, -0.15) is 5.26 Å². The first kappa shape index (κ1) is 33.2. The monoisotopic (exact) mass is 671 g/mol. The molecule has 7 rings (SSSR count). The number of hydrogen-bond donors (Lipinski definition) is 3. The van der Waals surface area contributed by atoms with Crippen molar-refractivity contribution in [1.29, 1.82) is 5.26 Å². The minimum atomic E-state index is -0.179. The fourth-order valence-corrected chi connectivity index (χ4v) is 7.47. The highest BCUT2D eigenvalue weighted by molar-refractivity contribution is 6.34. The minimum Gasteiger partial charge on any atom is -0.393 e. The van der Waals surface area contributed by atoms with Crippen LogP contribution < -0.4 is 5.32 Å². The lowest BCUT2D eigenvalue weighted by molar-refractivity contribution is 0.0790. The lowest BCUT2D eigenvalue weighted by Crippen LogP contribution is -2.35. The van der Waals surface area contributed by atoms with Crippen molar-refractivity contribution in [1.82, 2.24) is 14.8 Å². The van der Waals surface area contributed by atoms with Gasteiger partial charge in [-0.15, -0.1) is 0 Å². The molecule has 0 unspecified atom stereocenters. The van der Waals surface area contributed by atoms with Crippen molar-refractivity contribution in [3.8, 4) is 28.3 Å². The predicted molar refractivity (Wildman–Crippen MR) is 198 cm³/mol. The second-order valence-corrected chi connectivity index (χ2v) is 14.0. The van der Waals surface area contributed by atoms with Gasteiger partial charge in [-0.25, -0.2) is 0 Å². The van der Waals surface area contributed by atoms with Gasteiger partial charge in [-0.3, -0.25) is 14.8 Å². The van der Waals surface area contributed by atoms with Gasteiger partial charge in [0.1, 0.15) is 6.07 Å². The van der Waals surface area contributed by atoms with Crippen LogP contribution in [0.3, 0.4) is 0 Å². The standard InChI is InChI=1S/C41H42ClN5O2/c1-27-18-33(31-7-3-5-29(20-31)26-47-16-12-36(49)13-17-47)21-38(42)40(27)45-41-34(23-43)24-44-39-22-32(8-9-37(39)41)30-6-2-4-28(19-30)25-46-14-10-35(48)11-15-46/h2-9,18-22,24,35-36,48-49H,10-17,25-26H2,1H3,(H,44,45). The number of nitrogens with one attached hydrogen (secondary N) is 1. The molecule has 0 aliphatic carbocycles. The number of fused-ring (bicyclic) bond motifs is 1. The van der Waals surface area contributed by atoms with Crippen LogP contribution in [0.2, 0.25) is 5.02 Å². The highest BCUT2D eigenvalue weighted by atomic mass is 35.5. The Labute approximate surface area is 293 Å². The largest absolute Gasteiger partial charge is 0.393 e. The van der Waals surface area contributed by atoms with Crippen molar-refractivity contribution >= 4 is 33.9 Å². The van der Waals surface area contributed by atoms with E-state index < -0.39 is 0 Å². The van der Waals surface area contributed by atoms with Crippen LogP contribution in [0.4, 0.5) is 11.4 Å². The molecule has 2 fully saturated rings. The van der Waals surface area contributed by atoms with Crippen LogP contribution >= 0.6 is 11.6 Å². The van der Waals surface area contributed by atoms with Crippen LogP contribution in [-0.2, 0) is 13.1 Å². The van der Waals surface area contributed by atoms with Gasteiger partial charge in [0, 0.05) is 50.9 Å². The molecule has 5 aromatic rings. The van der Waals surface area contributed by atoms with E-state index in [1.165, 1.54) is 11.1 Å². The lowest BCUT2D eigenvalue weighted by Gasteiger charge is -2.29. The Hall–Kier alpha value is -4.29. The van der Waals surface area contributed by atoms with Gasteiger partial charge < -0.3 is 15.5 Å². The molecular weight excluding hydrogens is 630 g/mol. The zero-order valence-corrected chi connectivity index (χ0v) is 28.6. The van der Waals surface area contributed by atoms with E-state index >= 15 is 0 Å². The summed E-state index contributed by atoms with van der Waals surface area (Å²) in [7, 11) is 0. The summed E-state index contributed by atoms with van der Waals surface area (Å²) in [6.07, 6.45) is 4.57. The van der Waals surface area contributed by atoms with Crippen LogP contribution in [-0.4, -0.2) is 63.4 Å². The molecule has 3 heterocycles. The quantitative estimate of drug-likeness (QED) is 0.154. The second kappa shape index (κ2) is 14.7. The van der Waals surface area contributed by atoms with E-state index in [9.17, 15) is 15.5 Å². The number of nitrogens with zero attached hydrogens (tertiary/aromatic N) is 4. The van der Waals surface area contributed by atoms with Crippen molar-refractivity contribution in [3.05, 3.63) is 112 Å². The molecule has 0 radical (unpaired) electrons. The number of anilines is 2. The van der Waals surface area contributed by atoms with E-state index in [4.69, 9.17) is 11.6 Å². The molecule has 8 heteroatoms. The smallest absolute Gasteiger partial charge is 0.103 e. The summed E-state index contributed by atoms with van der Waals surface area (Å²) in [6, 6.07) is 29.8. The molecule has 49 heavy (non-hydrogen) atoms. The topological polar surface area (TPSA) is 95.7 Å². The zero-order chi connectivity index (χ0) is 33.9. The Kier molecular flexibility index (Phi) is 9.95. The molecule has 0 atom stereocenters. The number of piperidine rings is 2. The molecule has 1 aromatic heterocycles. The number of nitriles is 1. The average Bonchev–Trinajstić information content (AvgIpc) is 3.11. The van der Waals surface area contributed by atoms with Gasteiger partial charge in [0.05, 0.1) is 39.7 Å². The molecule has 0 spiro atoms. The molecule has 0 saturated carbocycles. The van der Waals surface area contributed by atoms with E-state index in [1.54, 1.807) is 6.20 Å². The number of aromatic nitrogens is 1. The lowest BCUT2D eigenvalue weighted by atomic mass is 9.98. The Morgan fingerprint density at radius 2 is 1.33 bits per heavy atom. The third-order valence-electron chi connectivity index (χ3n) is 9.97. The zero-order valence-electron chi connectivity index (χ0n) is 27.9. The predicted octanol–water partition coefficient (Wildman–Crippen LogP) is 8.06. The summed E-state index contributed by atoms with van der Waals surface area (Å²) < 4.78 is 0. The van der Waals surface area contributed by atoms with Crippen molar-refractivity contribution in [3.63, 3.8) is 0 Å². The maximum absolute atomic E-state index is 10.1. The Morgan fingerprint density at radius 1 is 0.755 bits per heavy atom. The van der Waals surface area contributed by atoms with Crippen LogP contribution in [0.5, 0.6) is 0 Å². The van der Waals surface area contributed by atoms with Gasteiger partial charge in [-0.1, -0.05) is 60.1 Å². The Morgan fingerprint density at radius 3 is 1.90 bits per heavy atom. The van der Waals surface area contributed by atoms with E-state index in [2.05, 4.69) is 92.9 Å². The number of hydrogen-bond acceptors (Lipinski definition) is 7. The molecule has 2 saturated heterocycles. The Bertz CT molecular complexity index is 1980. The van der Waals surface area contributed by atoms with Gasteiger partial charge >= 0.3 is 0 Å². The highest BCUT2D eigenvalue weighted by Crippen LogP contribution is 2.38. The first-order valence-electron chi connectivity index (χ1n) is 17.2. The fourth-order valence-electron chi connectivity index (χ4n) is 7.16. The highest BCUT2D eigenvalue weighted by Gasteiger charge is 2.19. The number of rotatable bonds is 8. The number of benzene rings is 4. The SMILES string of the molecule is Cc1cc(-c2cccc(CN3CCC(O)CC3)c2)cc(Cl)c1Nc1c(C#N)cnc2cc(-c3cccc(CN4CCC(O)CC4)c3)ccc12. The van der Waals surface area contributed by atoms with E-state index in [0.29, 0.717) is 16.3 Å². The summed E-state index contributed by atoms with van der Waals surface area (Å²) in [5, 5.41) is 34.8. The Balaban J connectivity index is 1.13. The van der Waals surface area contributed by atoms with E-state index in [-0.39, 0.29) is 12.2 Å². The van der Waals surface area contributed by atoms with Gasteiger partial charge in [0.2, 0.25) is 0 Å². The normalized spacial score (nSPS) is 16.6. The maximum atomic E-state index is 10.1. The molecule has 7 nitrogen and oxygen atoms in total. The summed E-state index contributed by atoms with van der Waals surface area (Å²) in [6.45, 7) is 7.39. The van der Waals surface area contributed by atoms with E-state index in [0.717, 1.165) is 109 Å². The molecule has 4 aromatic carbocycles. The number of aliphatic hydroxyl groups is 2. The molecular formula is C41H42ClN5O2. The van der Waals surface area contributed by atoms with Crippen molar-refractivity contribution in [2.45, 2.75) is 57.9 Å². The molecule has 0 amide bonds. The summed E-state index contributed by atoms with van der Waals surface area (Å²) >= 11 is 6.98. The summed E-state index contributed by atoms with van der Waals surface area (Å²) in [5.74, 6) is 0. The number of halogens is 1. The molecule has 2 aliphatic heterocycles. The first-order valence-corrected chi connectivity index (χ1v) is 17.6. The summed E-state index contributed by atoms with van der Waals surface area (Å²) in [5.41, 5.74) is 10.5.